The summed E-state index contributed by atoms with van der Waals surface area (Å²) in [6.45, 7) is 23.0. The van der Waals surface area contributed by atoms with E-state index in [1.165, 1.54) is 25.7 Å². The average Bonchev–Trinajstić information content (AvgIpc) is 2.55. The van der Waals surface area contributed by atoms with E-state index in [1.54, 1.807) is 0 Å². The predicted octanol–water partition coefficient (Wildman–Crippen LogP) is 5.59. The fourth-order valence-corrected chi connectivity index (χ4v) is 3.19. The van der Waals surface area contributed by atoms with E-state index in [0.29, 0.717) is 19.6 Å². The van der Waals surface area contributed by atoms with Crippen molar-refractivity contribution in [3.8, 4) is 0 Å². The Bertz CT molecular complexity index is 399. The summed E-state index contributed by atoms with van der Waals surface area (Å²) in [4.78, 5) is 2.41. The molecule has 0 saturated heterocycles. The molecule has 4 nitrogen and oxygen atoms in total. The van der Waals surface area contributed by atoms with Crippen LogP contribution in [-0.2, 0) is 9.47 Å². The van der Waals surface area contributed by atoms with Crippen molar-refractivity contribution in [1.29, 1.82) is 0 Å². The van der Waals surface area contributed by atoms with Crippen LogP contribution in [-0.4, -0.2) is 60.2 Å². The maximum absolute atomic E-state index is 10.6. The lowest BCUT2D eigenvalue weighted by atomic mass is 9.99. The molecular weight excluding hydrogens is 350 g/mol. The maximum Gasteiger partial charge on any atom is 0.0694 e. The Balaban J connectivity index is 4.31. The smallest absolute Gasteiger partial charge is 0.0694 e. The molecule has 0 radical (unpaired) electrons. The van der Waals surface area contributed by atoms with Crippen molar-refractivity contribution in [3.63, 3.8) is 0 Å². The Kier molecular flexibility index (Phi) is 14.3. The first-order chi connectivity index (χ1) is 13.0. The number of rotatable bonds is 18. The molecule has 0 aromatic carbocycles. The fraction of sp³-hybridized carbons (Fsp3) is 0.917. The zero-order chi connectivity index (χ0) is 21.6. The molecule has 0 aliphatic heterocycles. The lowest BCUT2D eigenvalue weighted by Gasteiger charge is -2.32. The number of hydrogen-bond acceptors (Lipinski definition) is 4. The Morgan fingerprint density at radius 3 is 2.00 bits per heavy atom. The molecule has 28 heavy (non-hydrogen) atoms. The van der Waals surface area contributed by atoms with E-state index in [2.05, 4.69) is 53.0 Å². The van der Waals surface area contributed by atoms with Crippen LogP contribution in [0.4, 0.5) is 0 Å². The molecule has 1 N–H and O–H groups in total. The fourth-order valence-electron chi connectivity index (χ4n) is 3.19. The van der Waals surface area contributed by atoms with Crippen LogP contribution in [0.5, 0.6) is 0 Å². The van der Waals surface area contributed by atoms with Gasteiger partial charge < -0.3 is 19.5 Å². The highest BCUT2D eigenvalue weighted by Gasteiger charge is 2.26. The molecule has 0 aliphatic carbocycles. The van der Waals surface area contributed by atoms with E-state index >= 15 is 0 Å². The van der Waals surface area contributed by atoms with Crippen LogP contribution in [0.3, 0.4) is 0 Å². The second kappa shape index (κ2) is 14.5. The van der Waals surface area contributed by atoms with E-state index in [0.717, 1.165) is 38.0 Å². The molecule has 0 spiro atoms. The van der Waals surface area contributed by atoms with Crippen molar-refractivity contribution in [3.05, 3.63) is 12.2 Å². The van der Waals surface area contributed by atoms with Crippen molar-refractivity contribution >= 4 is 0 Å². The maximum atomic E-state index is 10.6. The van der Waals surface area contributed by atoms with Crippen LogP contribution < -0.4 is 0 Å². The van der Waals surface area contributed by atoms with Crippen molar-refractivity contribution in [1.82, 2.24) is 4.90 Å². The van der Waals surface area contributed by atoms with E-state index < -0.39 is 0 Å². The third kappa shape index (κ3) is 15.5. The van der Waals surface area contributed by atoms with Gasteiger partial charge in [-0.05, 0) is 73.4 Å². The molecule has 0 heterocycles. The molecule has 0 aliphatic rings. The Labute approximate surface area is 175 Å². The van der Waals surface area contributed by atoms with Crippen molar-refractivity contribution in [2.24, 2.45) is 0 Å². The summed E-state index contributed by atoms with van der Waals surface area (Å²) in [7, 11) is 0. The third-order valence-corrected chi connectivity index (χ3v) is 5.07. The molecule has 0 amide bonds. The minimum atomic E-state index is -0.358. The third-order valence-electron chi connectivity index (χ3n) is 5.07. The second-order valence-corrected chi connectivity index (χ2v) is 9.54. The second-order valence-electron chi connectivity index (χ2n) is 9.54. The highest BCUT2D eigenvalue weighted by molar-refractivity contribution is 4.87. The molecule has 0 aromatic heterocycles. The van der Waals surface area contributed by atoms with Gasteiger partial charge in [0.15, 0.2) is 0 Å². The zero-order valence-electron chi connectivity index (χ0n) is 20.0. The van der Waals surface area contributed by atoms with Crippen LogP contribution in [0.2, 0.25) is 0 Å². The van der Waals surface area contributed by atoms with Gasteiger partial charge in [-0.1, -0.05) is 32.3 Å². The van der Waals surface area contributed by atoms with Gasteiger partial charge in [0.05, 0.1) is 30.5 Å². The van der Waals surface area contributed by atoms with Gasteiger partial charge in [0.25, 0.3) is 0 Å². The molecule has 168 valence electrons. The zero-order valence-corrected chi connectivity index (χ0v) is 20.0. The average molecular weight is 400 g/mol. The molecular formula is C24H49NO3. The SMILES string of the molecule is C=C(C)CCOC(C)(C)CCOC(C)(C)CC(O)CN(CCCC)CCCC. The number of nitrogens with zero attached hydrogens (tertiary/aromatic N) is 1. The van der Waals surface area contributed by atoms with E-state index in [-0.39, 0.29) is 17.3 Å². The summed E-state index contributed by atoms with van der Waals surface area (Å²) in [5.74, 6) is 0. The van der Waals surface area contributed by atoms with Crippen molar-refractivity contribution in [2.45, 2.75) is 111 Å². The molecule has 0 bridgehead atoms. The van der Waals surface area contributed by atoms with Gasteiger partial charge in [-0.2, -0.15) is 0 Å². The number of ether oxygens (including phenoxy) is 2. The molecule has 1 unspecified atom stereocenters. The summed E-state index contributed by atoms with van der Waals surface area (Å²) in [5, 5.41) is 10.6. The van der Waals surface area contributed by atoms with Gasteiger partial charge in [-0.15, -0.1) is 6.58 Å². The topological polar surface area (TPSA) is 41.9 Å². The standard InChI is InChI=1S/C24H49NO3/c1-9-11-15-25(16-12-10-2)20-22(26)19-24(7,8)28-18-14-23(5,6)27-17-13-21(3)4/h22,26H,3,9-20H2,1-2,4-8H3. The predicted molar refractivity (Wildman–Crippen MR) is 121 cm³/mol. The highest BCUT2D eigenvalue weighted by atomic mass is 16.5. The van der Waals surface area contributed by atoms with Gasteiger partial charge in [0.1, 0.15) is 0 Å². The summed E-state index contributed by atoms with van der Waals surface area (Å²) in [6.07, 6.45) is 6.79. The van der Waals surface area contributed by atoms with Crippen LogP contribution in [0.1, 0.15) is 93.4 Å². The first-order valence-corrected chi connectivity index (χ1v) is 11.3. The lowest BCUT2D eigenvalue weighted by Crippen LogP contribution is -2.39. The van der Waals surface area contributed by atoms with Gasteiger partial charge >= 0.3 is 0 Å². The summed E-state index contributed by atoms with van der Waals surface area (Å²) < 4.78 is 12.1. The van der Waals surface area contributed by atoms with E-state index in [1.807, 2.05) is 6.92 Å². The van der Waals surface area contributed by atoms with E-state index in [4.69, 9.17) is 9.47 Å². The molecule has 1 atom stereocenters. The Hall–Kier alpha value is -0.420. The minimum absolute atomic E-state index is 0.207. The largest absolute Gasteiger partial charge is 0.392 e. The van der Waals surface area contributed by atoms with E-state index in [9.17, 15) is 5.11 Å². The molecule has 4 heteroatoms. The quantitative estimate of drug-likeness (QED) is 0.305. The Morgan fingerprint density at radius 2 is 1.50 bits per heavy atom. The monoisotopic (exact) mass is 399 g/mol. The van der Waals surface area contributed by atoms with Crippen LogP contribution in [0, 0.1) is 0 Å². The first kappa shape index (κ1) is 27.6. The lowest BCUT2D eigenvalue weighted by molar-refractivity contribution is -0.0861. The van der Waals surface area contributed by atoms with Gasteiger partial charge in [-0.3, -0.25) is 0 Å². The summed E-state index contributed by atoms with van der Waals surface area (Å²) >= 11 is 0. The first-order valence-electron chi connectivity index (χ1n) is 11.3. The van der Waals surface area contributed by atoms with Gasteiger partial charge in [0, 0.05) is 13.0 Å². The molecule has 0 aromatic rings. The molecule has 0 saturated carbocycles. The van der Waals surface area contributed by atoms with Crippen molar-refractivity contribution < 1.29 is 14.6 Å². The van der Waals surface area contributed by atoms with Crippen LogP contribution in [0.15, 0.2) is 12.2 Å². The minimum Gasteiger partial charge on any atom is -0.392 e. The van der Waals surface area contributed by atoms with Gasteiger partial charge in [-0.25, -0.2) is 0 Å². The number of aliphatic hydroxyl groups excluding tert-OH is 1. The highest BCUT2D eigenvalue weighted by Crippen LogP contribution is 2.22. The number of unbranched alkanes of at least 4 members (excludes halogenated alkanes) is 2. The normalized spacial score (nSPS) is 13.9. The number of aliphatic hydroxyl groups is 1. The molecule has 0 fully saturated rings. The van der Waals surface area contributed by atoms with Gasteiger partial charge in [0.2, 0.25) is 0 Å². The Morgan fingerprint density at radius 1 is 0.964 bits per heavy atom. The van der Waals surface area contributed by atoms with Crippen molar-refractivity contribution in [2.75, 3.05) is 32.8 Å². The summed E-state index contributed by atoms with van der Waals surface area (Å²) in [5.41, 5.74) is 0.601. The van der Waals surface area contributed by atoms with Crippen LogP contribution in [0.25, 0.3) is 0 Å². The molecule has 0 rings (SSSR count). The number of hydrogen-bond donors (Lipinski definition) is 1. The van der Waals surface area contributed by atoms with Crippen LogP contribution >= 0.6 is 0 Å². The summed E-state index contributed by atoms with van der Waals surface area (Å²) in [6, 6.07) is 0.